The largest absolute Gasteiger partial charge is 0.374 e. The summed E-state index contributed by atoms with van der Waals surface area (Å²) in [5.41, 5.74) is 2.43. The zero-order valence-corrected chi connectivity index (χ0v) is 15.3. The molecule has 24 heavy (non-hydrogen) atoms. The normalized spacial score (nSPS) is 27.0. The Morgan fingerprint density at radius 3 is 3.08 bits per heavy atom. The summed E-state index contributed by atoms with van der Waals surface area (Å²) in [6.45, 7) is 8.64. The molecule has 1 saturated heterocycles. The lowest BCUT2D eigenvalue weighted by atomic mass is 9.81. The highest BCUT2D eigenvalue weighted by Gasteiger charge is 2.49. The van der Waals surface area contributed by atoms with Crippen LogP contribution in [-0.2, 0) is 17.9 Å². The molecular formula is C18H25N3O2S. The van der Waals surface area contributed by atoms with Gasteiger partial charge >= 0.3 is 0 Å². The van der Waals surface area contributed by atoms with Crippen LogP contribution < -0.4 is 0 Å². The molecule has 130 valence electrons. The molecule has 2 aliphatic rings. The monoisotopic (exact) mass is 347 g/mol. The molecule has 5 nitrogen and oxygen atoms in total. The van der Waals surface area contributed by atoms with Crippen LogP contribution in [0.25, 0.3) is 0 Å². The van der Waals surface area contributed by atoms with E-state index in [1.165, 1.54) is 19.3 Å². The zero-order chi connectivity index (χ0) is 16.6. The van der Waals surface area contributed by atoms with Crippen molar-refractivity contribution in [3.8, 4) is 0 Å². The number of fused-ring (bicyclic) bond motifs is 1. The van der Waals surface area contributed by atoms with Gasteiger partial charge in [-0.3, -0.25) is 4.90 Å². The van der Waals surface area contributed by atoms with Gasteiger partial charge in [0.15, 0.2) is 0 Å². The lowest BCUT2D eigenvalue weighted by molar-refractivity contribution is 0.0253. The van der Waals surface area contributed by atoms with Crippen LogP contribution in [0, 0.1) is 25.2 Å². The highest BCUT2D eigenvalue weighted by atomic mass is 32.1. The first-order valence-electron chi connectivity index (χ1n) is 8.76. The maximum absolute atomic E-state index is 6.11. The van der Waals surface area contributed by atoms with E-state index in [9.17, 15) is 0 Å². The summed E-state index contributed by atoms with van der Waals surface area (Å²) in [5, 5.41) is 7.36. The van der Waals surface area contributed by atoms with Crippen molar-refractivity contribution in [1.29, 1.82) is 0 Å². The predicted molar refractivity (Wildman–Crippen MR) is 92.8 cm³/mol. The highest BCUT2D eigenvalue weighted by Crippen LogP contribution is 2.49. The number of rotatable bonds is 6. The molecule has 0 bridgehead atoms. The van der Waals surface area contributed by atoms with Gasteiger partial charge in [-0.1, -0.05) is 11.6 Å². The first-order valence-corrected chi connectivity index (χ1v) is 9.64. The van der Waals surface area contributed by atoms with Gasteiger partial charge in [-0.25, -0.2) is 4.98 Å². The standard InChI is InChI=1S/C18H25N3O2S/c1-13-6-16(20-23-13)8-21-7-15-4-3-5-18(15,11-21)12-22-9-17-10-24-14(2)19-17/h6,10,15H,3-5,7-9,11-12H2,1-2H3/t15-,18+/m1/s1. The van der Waals surface area contributed by atoms with Gasteiger partial charge in [0.25, 0.3) is 0 Å². The van der Waals surface area contributed by atoms with E-state index in [4.69, 9.17) is 9.26 Å². The second-order valence-electron chi connectivity index (χ2n) is 7.40. The van der Waals surface area contributed by atoms with Crippen molar-refractivity contribution in [1.82, 2.24) is 15.0 Å². The van der Waals surface area contributed by atoms with Crippen molar-refractivity contribution < 1.29 is 9.26 Å². The Kier molecular flexibility index (Phi) is 4.45. The zero-order valence-electron chi connectivity index (χ0n) is 14.5. The Balaban J connectivity index is 1.35. The lowest BCUT2D eigenvalue weighted by Gasteiger charge is -2.28. The van der Waals surface area contributed by atoms with Crippen LogP contribution >= 0.6 is 11.3 Å². The SMILES string of the molecule is Cc1cc(CN2C[C@H]3CCC[C@@]3(COCc3csc(C)n3)C2)no1. The van der Waals surface area contributed by atoms with E-state index < -0.39 is 0 Å². The Bertz CT molecular complexity index is 698. The van der Waals surface area contributed by atoms with Gasteiger partial charge in [0.1, 0.15) is 5.76 Å². The van der Waals surface area contributed by atoms with E-state index in [0.29, 0.717) is 12.0 Å². The van der Waals surface area contributed by atoms with Crippen molar-refractivity contribution in [3.05, 3.63) is 33.6 Å². The molecule has 0 radical (unpaired) electrons. The quantitative estimate of drug-likeness (QED) is 0.799. The van der Waals surface area contributed by atoms with E-state index in [0.717, 1.165) is 54.3 Å². The summed E-state index contributed by atoms with van der Waals surface area (Å²) in [7, 11) is 0. The molecule has 2 aromatic heterocycles. The third kappa shape index (κ3) is 3.27. The molecule has 0 N–H and O–H groups in total. The van der Waals surface area contributed by atoms with E-state index >= 15 is 0 Å². The van der Waals surface area contributed by atoms with Crippen LogP contribution in [0.4, 0.5) is 0 Å². The minimum Gasteiger partial charge on any atom is -0.374 e. The molecule has 0 amide bonds. The molecule has 1 aliphatic heterocycles. The minimum absolute atomic E-state index is 0.323. The van der Waals surface area contributed by atoms with Crippen LogP contribution in [0.15, 0.2) is 16.0 Å². The number of hydrogen-bond acceptors (Lipinski definition) is 6. The fraction of sp³-hybridized carbons (Fsp3) is 0.667. The number of ether oxygens (including phenoxy) is 1. The summed E-state index contributed by atoms with van der Waals surface area (Å²) in [4.78, 5) is 7.02. The average Bonchev–Trinajstić information content (AvgIpc) is 3.26. The fourth-order valence-electron chi connectivity index (χ4n) is 4.44. The summed E-state index contributed by atoms with van der Waals surface area (Å²) in [6, 6.07) is 2.04. The number of hydrogen-bond donors (Lipinski definition) is 0. The first-order chi connectivity index (χ1) is 11.6. The van der Waals surface area contributed by atoms with Gasteiger partial charge in [-0.15, -0.1) is 11.3 Å². The fourth-order valence-corrected chi connectivity index (χ4v) is 5.03. The number of likely N-dealkylation sites (tertiary alicyclic amines) is 1. The average molecular weight is 347 g/mol. The van der Waals surface area contributed by atoms with Gasteiger partial charge in [0.2, 0.25) is 0 Å². The maximum Gasteiger partial charge on any atom is 0.133 e. The van der Waals surface area contributed by atoms with Gasteiger partial charge in [0.05, 0.1) is 29.6 Å². The molecule has 0 unspecified atom stereocenters. The number of aromatic nitrogens is 2. The molecular weight excluding hydrogens is 322 g/mol. The van der Waals surface area contributed by atoms with Gasteiger partial charge in [-0.05, 0) is 32.6 Å². The molecule has 3 heterocycles. The van der Waals surface area contributed by atoms with Crippen molar-refractivity contribution in [2.24, 2.45) is 11.3 Å². The third-order valence-electron chi connectivity index (χ3n) is 5.48. The van der Waals surface area contributed by atoms with E-state index in [1.54, 1.807) is 11.3 Å². The Morgan fingerprint density at radius 2 is 2.33 bits per heavy atom. The molecule has 0 aromatic carbocycles. The Morgan fingerprint density at radius 1 is 1.42 bits per heavy atom. The number of thiazole rings is 1. The number of aryl methyl sites for hydroxylation is 2. The van der Waals surface area contributed by atoms with Gasteiger partial charge in [-0.2, -0.15) is 0 Å². The second-order valence-corrected chi connectivity index (χ2v) is 8.46. The van der Waals surface area contributed by atoms with Crippen LogP contribution in [0.2, 0.25) is 0 Å². The van der Waals surface area contributed by atoms with Crippen molar-refractivity contribution in [2.75, 3.05) is 19.7 Å². The Labute approximate surface area is 147 Å². The van der Waals surface area contributed by atoms with E-state index in [-0.39, 0.29) is 0 Å². The number of nitrogens with zero attached hydrogens (tertiary/aromatic N) is 3. The topological polar surface area (TPSA) is 51.4 Å². The molecule has 1 saturated carbocycles. The maximum atomic E-state index is 6.11. The molecule has 2 atom stereocenters. The first kappa shape index (κ1) is 16.2. The second kappa shape index (κ2) is 6.58. The Hall–Kier alpha value is -1.24. The highest BCUT2D eigenvalue weighted by molar-refractivity contribution is 7.09. The van der Waals surface area contributed by atoms with Crippen molar-refractivity contribution >= 4 is 11.3 Å². The van der Waals surface area contributed by atoms with Crippen LogP contribution in [0.3, 0.4) is 0 Å². The predicted octanol–water partition coefficient (Wildman–Crippen LogP) is 3.57. The summed E-state index contributed by atoms with van der Waals surface area (Å²) >= 11 is 1.69. The van der Waals surface area contributed by atoms with E-state index in [2.05, 4.69) is 20.4 Å². The van der Waals surface area contributed by atoms with Crippen molar-refractivity contribution in [3.63, 3.8) is 0 Å². The molecule has 6 heteroatoms. The molecule has 2 fully saturated rings. The summed E-state index contributed by atoms with van der Waals surface area (Å²) in [6.07, 6.45) is 3.94. The van der Waals surface area contributed by atoms with Gasteiger partial charge < -0.3 is 9.26 Å². The van der Waals surface area contributed by atoms with Gasteiger partial charge in [0, 0.05) is 36.5 Å². The molecule has 2 aromatic rings. The molecule has 4 rings (SSSR count). The van der Waals surface area contributed by atoms with Crippen LogP contribution in [-0.4, -0.2) is 34.7 Å². The van der Waals surface area contributed by atoms with Crippen molar-refractivity contribution in [2.45, 2.75) is 46.3 Å². The minimum atomic E-state index is 0.323. The third-order valence-corrected chi connectivity index (χ3v) is 6.30. The lowest BCUT2D eigenvalue weighted by Crippen LogP contribution is -2.32. The smallest absolute Gasteiger partial charge is 0.133 e. The summed E-state index contributed by atoms with van der Waals surface area (Å²) in [5.74, 6) is 1.64. The van der Waals surface area contributed by atoms with Crippen LogP contribution in [0.5, 0.6) is 0 Å². The van der Waals surface area contributed by atoms with E-state index in [1.807, 2.05) is 19.9 Å². The molecule has 1 aliphatic carbocycles. The molecule has 0 spiro atoms. The van der Waals surface area contributed by atoms with Crippen LogP contribution in [0.1, 0.15) is 41.4 Å². The summed E-state index contributed by atoms with van der Waals surface area (Å²) < 4.78 is 11.3.